The van der Waals surface area contributed by atoms with E-state index >= 15 is 0 Å². The SMILES string of the molecule is CC[C@H](O)c1ccccc1[Se]C[C@H](OCc1ccccc1)c1ccccc1. The number of hydrogen-bond donors (Lipinski definition) is 1. The molecule has 0 unspecified atom stereocenters. The molecule has 0 spiro atoms. The Morgan fingerprint density at radius 3 is 2.19 bits per heavy atom. The Morgan fingerprint density at radius 1 is 0.852 bits per heavy atom. The molecule has 2 nitrogen and oxygen atoms in total. The number of aliphatic hydroxyl groups excluding tert-OH is 1. The van der Waals surface area contributed by atoms with Crippen LogP contribution >= 0.6 is 0 Å². The molecule has 3 aromatic carbocycles. The van der Waals surface area contributed by atoms with Crippen molar-refractivity contribution in [1.82, 2.24) is 0 Å². The van der Waals surface area contributed by atoms with Gasteiger partial charge in [0.05, 0.1) is 0 Å². The second-order valence-corrected chi connectivity index (χ2v) is 8.70. The molecule has 0 fully saturated rings. The molecule has 3 heteroatoms. The predicted molar refractivity (Wildman–Crippen MR) is 112 cm³/mol. The van der Waals surface area contributed by atoms with Gasteiger partial charge in [-0.3, -0.25) is 0 Å². The van der Waals surface area contributed by atoms with Crippen molar-refractivity contribution < 1.29 is 9.84 Å². The summed E-state index contributed by atoms with van der Waals surface area (Å²) < 4.78 is 7.58. The van der Waals surface area contributed by atoms with E-state index in [4.69, 9.17) is 4.74 Å². The number of rotatable bonds is 9. The van der Waals surface area contributed by atoms with E-state index in [0.717, 1.165) is 17.3 Å². The number of aliphatic hydroxyl groups is 1. The summed E-state index contributed by atoms with van der Waals surface area (Å²) in [7, 11) is 0. The summed E-state index contributed by atoms with van der Waals surface area (Å²) in [6.07, 6.45) is 0.404. The Labute approximate surface area is 168 Å². The van der Waals surface area contributed by atoms with Gasteiger partial charge in [0.25, 0.3) is 0 Å². The molecule has 0 saturated carbocycles. The fraction of sp³-hybridized carbons (Fsp3) is 0.250. The summed E-state index contributed by atoms with van der Waals surface area (Å²) in [4.78, 5) is 0. The van der Waals surface area contributed by atoms with Gasteiger partial charge in [-0.25, -0.2) is 0 Å². The third kappa shape index (κ3) is 5.79. The van der Waals surface area contributed by atoms with E-state index in [9.17, 15) is 5.11 Å². The number of benzene rings is 3. The van der Waals surface area contributed by atoms with Crippen molar-refractivity contribution in [1.29, 1.82) is 0 Å². The summed E-state index contributed by atoms with van der Waals surface area (Å²) in [5, 5.41) is 11.3. The van der Waals surface area contributed by atoms with Crippen molar-refractivity contribution in [3.05, 3.63) is 102 Å². The Morgan fingerprint density at radius 2 is 1.48 bits per heavy atom. The van der Waals surface area contributed by atoms with Crippen LogP contribution in [0.4, 0.5) is 0 Å². The molecule has 3 rings (SSSR count). The molecule has 27 heavy (non-hydrogen) atoms. The zero-order valence-electron chi connectivity index (χ0n) is 15.6. The zero-order chi connectivity index (χ0) is 18.9. The van der Waals surface area contributed by atoms with Crippen LogP contribution < -0.4 is 4.46 Å². The van der Waals surface area contributed by atoms with Crippen LogP contribution in [0.5, 0.6) is 0 Å². The third-order valence-corrected chi connectivity index (χ3v) is 6.94. The van der Waals surface area contributed by atoms with Gasteiger partial charge in [-0.1, -0.05) is 0 Å². The van der Waals surface area contributed by atoms with E-state index in [1.807, 2.05) is 43.3 Å². The molecule has 0 aliphatic rings. The van der Waals surface area contributed by atoms with Crippen LogP contribution in [0.25, 0.3) is 0 Å². The first-order valence-electron chi connectivity index (χ1n) is 9.38. The molecule has 0 amide bonds. The van der Waals surface area contributed by atoms with Crippen LogP contribution in [0.1, 0.15) is 42.2 Å². The maximum absolute atomic E-state index is 10.3. The van der Waals surface area contributed by atoms with E-state index in [2.05, 4.69) is 48.5 Å². The summed E-state index contributed by atoms with van der Waals surface area (Å²) >= 11 is 0.226. The monoisotopic (exact) mass is 426 g/mol. The molecule has 0 aliphatic heterocycles. The van der Waals surface area contributed by atoms with Gasteiger partial charge in [-0.2, -0.15) is 0 Å². The van der Waals surface area contributed by atoms with Crippen molar-refractivity contribution in [2.24, 2.45) is 0 Å². The van der Waals surface area contributed by atoms with Gasteiger partial charge in [0.2, 0.25) is 0 Å². The molecular weight excluding hydrogens is 399 g/mol. The quantitative estimate of drug-likeness (QED) is 0.498. The molecule has 140 valence electrons. The van der Waals surface area contributed by atoms with Crippen molar-refractivity contribution in [3.8, 4) is 0 Å². The van der Waals surface area contributed by atoms with Crippen LogP contribution in [0.2, 0.25) is 5.32 Å². The Bertz CT molecular complexity index is 805. The Kier molecular flexibility index (Phi) is 7.67. The predicted octanol–water partition coefficient (Wildman–Crippen LogP) is 4.84. The fourth-order valence-electron chi connectivity index (χ4n) is 2.95. The van der Waals surface area contributed by atoms with Gasteiger partial charge in [0.15, 0.2) is 0 Å². The maximum atomic E-state index is 10.3. The summed E-state index contributed by atoms with van der Waals surface area (Å²) in [6, 6.07) is 29.0. The molecule has 0 saturated heterocycles. The molecule has 0 aliphatic carbocycles. The van der Waals surface area contributed by atoms with Crippen LogP contribution in [0, 0.1) is 0 Å². The van der Waals surface area contributed by atoms with E-state index in [1.54, 1.807) is 0 Å². The first-order chi connectivity index (χ1) is 13.3. The Hall–Kier alpha value is -1.90. The van der Waals surface area contributed by atoms with Crippen LogP contribution in [0.15, 0.2) is 84.9 Å². The molecule has 0 bridgehead atoms. The summed E-state index contributed by atoms with van der Waals surface area (Å²) in [6.45, 7) is 2.62. The molecule has 2 atom stereocenters. The molecule has 0 aromatic heterocycles. The van der Waals surface area contributed by atoms with Gasteiger partial charge in [-0.15, -0.1) is 0 Å². The normalized spacial score (nSPS) is 13.3. The first-order valence-corrected chi connectivity index (χ1v) is 11.4. The van der Waals surface area contributed by atoms with E-state index in [0.29, 0.717) is 6.61 Å². The van der Waals surface area contributed by atoms with Gasteiger partial charge < -0.3 is 0 Å². The molecular formula is C24H26O2Se. The second-order valence-electron chi connectivity index (χ2n) is 6.47. The number of hydrogen-bond acceptors (Lipinski definition) is 2. The third-order valence-electron chi connectivity index (χ3n) is 4.52. The minimum atomic E-state index is -0.386. The summed E-state index contributed by atoms with van der Waals surface area (Å²) in [5.74, 6) is 0. The van der Waals surface area contributed by atoms with E-state index in [-0.39, 0.29) is 27.2 Å². The van der Waals surface area contributed by atoms with Gasteiger partial charge >= 0.3 is 168 Å². The zero-order valence-corrected chi connectivity index (χ0v) is 17.3. The van der Waals surface area contributed by atoms with Gasteiger partial charge in [0, 0.05) is 0 Å². The Balaban J connectivity index is 1.72. The van der Waals surface area contributed by atoms with Crippen molar-refractivity contribution in [2.45, 2.75) is 37.5 Å². The standard InChI is InChI=1S/C24H26O2Se/c1-2-22(25)21-15-9-10-16-24(21)27-18-23(20-13-7-4-8-14-20)26-17-19-11-5-3-6-12-19/h3-16,22-23,25H,2,17-18H2,1H3/t22-,23-/m0/s1. The van der Waals surface area contributed by atoms with Crippen molar-refractivity contribution in [3.63, 3.8) is 0 Å². The average Bonchev–Trinajstić information content (AvgIpc) is 2.75. The van der Waals surface area contributed by atoms with E-state index < -0.39 is 0 Å². The summed E-state index contributed by atoms with van der Waals surface area (Å²) in [5.41, 5.74) is 3.46. The number of ether oxygens (including phenoxy) is 1. The molecule has 0 heterocycles. The van der Waals surface area contributed by atoms with Crippen molar-refractivity contribution >= 4 is 19.4 Å². The van der Waals surface area contributed by atoms with E-state index in [1.165, 1.54) is 15.6 Å². The first kappa shape index (κ1) is 19.8. The average molecular weight is 425 g/mol. The van der Waals surface area contributed by atoms with Gasteiger partial charge in [0.1, 0.15) is 0 Å². The van der Waals surface area contributed by atoms with Crippen LogP contribution in [-0.2, 0) is 11.3 Å². The molecule has 3 aromatic rings. The topological polar surface area (TPSA) is 29.5 Å². The molecule has 1 N–H and O–H groups in total. The van der Waals surface area contributed by atoms with Gasteiger partial charge in [-0.05, 0) is 0 Å². The van der Waals surface area contributed by atoms with Crippen LogP contribution in [0.3, 0.4) is 0 Å². The van der Waals surface area contributed by atoms with Crippen LogP contribution in [-0.4, -0.2) is 20.1 Å². The second kappa shape index (κ2) is 10.4. The minimum absolute atomic E-state index is 0.0539. The fourth-order valence-corrected chi connectivity index (χ4v) is 5.40. The molecule has 0 radical (unpaired) electrons. The van der Waals surface area contributed by atoms with Crippen molar-refractivity contribution in [2.75, 3.05) is 0 Å².